The molecule has 0 saturated carbocycles. The van der Waals surface area contributed by atoms with Crippen LogP contribution in [0.2, 0.25) is 0 Å². The molecule has 6 heteroatoms. The summed E-state index contributed by atoms with van der Waals surface area (Å²) in [5.74, 6) is 0.876. The van der Waals surface area contributed by atoms with Gasteiger partial charge in [-0.15, -0.1) is 0 Å². The molecule has 0 radical (unpaired) electrons. The molecule has 2 aromatic heterocycles. The van der Waals surface area contributed by atoms with Gasteiger partial charge in [0.05, 0.1) is 5.69 Å². The fourth-order valence-corrected chi connectivity index (χ4v) is 2.17. The van der Waals surface area contributed by atoms with Crippen LogP contribution < -0.4 is 11.1 Å². The van der Waals surface area contributed by atoms with Crippen LogP contribution in [0.1, 0.15) is 37.1 Å². The van der Waals surface area contributed by atoms with Gasteiger partial charge in [0.25, 0.3) is 0 Å². The molecular formula is C13H18N6. The number of nitrogen functional groups attached to an aromatic ring is 1. The third-order valence-electron chi connectivity index (χ3n) is 3.05. The summed E-state index contributed by atoms with van der Waals surface area (Å²) in [6, 6.07) is 2.09. The van der Waals surface area contributed by atoms with Crippen molar-refractivity contribution in [2.24, 2.45) is 0 Å². The fourth-order valence-electron chi connectivity index (χ4n) is 2.17. The quantitative estimate of drug-likeness (QED) is 0.873. The number of nitriles is 1. The van der Waals surface area contributed by atoms with E-state index in [1.807, 2.05) is 13.8 Å². The summed E-state index contributed by atoms with van der Waals surface area (Å²) in [5.41, 5.74) is 9.14. The van der Waals surface area contributed by atoms with Gasteiger partial charge in [0, 0.05) is 12.1 Å². The first-order valence-electron chi connectivity index (χ1n) is 6.45. The van der Waals surface area contributed by atoms with Crippen molar-refractivity contribution in [1.82, 2.24) is 14.6 Å². The van der Waals surface area contributed by atoms with Gasteiger partial charge >= 0.3 is 0 Å². The number of aryl methyl sites for hydroxylation is 2. The minimum absolute atomic E-state index is 0.342. The maximum atomic E-state index is 9.21. The monoisotopic (exact) mass is 258 g/mol. The minimum atomic E-state index is 0.342. The standard InChI is InChI=1S/C13H18N6/c1-4-6-9-8(3)18-19-11(15)10(7-14)12(16-5-2)17-13(9)19/h4-6,15H2,1-3H3,(H,16,17). The lowest BCUT2D eigenvalue weighted by molar-refractivity contribution is 0.911. The molecule has 19 heavy (non-hydrogen) atoms. The van der Waals surface area contributed by atoms with Crippen molar-refractivity contribution in [3.63, 3.8) is 0 Å². The van der Waals surface area contributed by atoms with E-state index in [0.29, 0.717) is 23.7 Å². The van der Waals surface area contributed by atoms with Gasteiger partial charge < -0.3 is 11.1 Å². The molecule has 0 saturated heterocycles. The molecule has 2 rings (SSSR count). The summed E-state index contributed by atoms with van der Waals surface area (Å²) >= 11 is 0. The van der Waals surface area contributed by atoms with Gasteiger partial charge in [-0.2, -0.15) is 14.9 Å². The molecule has 0 aromatic carbocycles. The SMILES string of the molecule is CCCc1c(C)nn2c(N)c(C#N)c(NCC)nc12. The van der Waals surface area contributed by atoms with E-state index in [1.54, 1.807) is 4.52 Å². The number of fused-ring (bicyclic) bond motifs is 1. The Kier molecular flexibility index (Phi) is 3.56. The molecule has 0 bridgehead atoms. The molecule has 100 valence electrons. The molecule has 0 atom stereocenters. The van der Waals surface area contributed by atoms with Crippen LogP contribution in [-0.2, 0) is 6.42 Å². The molecule has 0 amide bonds. The van der Waals surface area contributed by atoms with Crippen LogP contribution >= 0.6 is 0 Å². The Bertz CT molecular complexity index is 649. The summed E-state index contributed by atoms with van der Waals surface area (Å²) in [4.78, 5) is 4.52. The van der Waals surface area contributed by atoms with Crippen molar-refractivity contribution in [3.05, 3.63) is 16.8 Å². The van der Waals surface area contributed by atoms with Gasteiger partial charge in [0.1, 0.15) is 23.3 Å². The maximum absolute atomic E-state index is 9.21. The molecule has 0 aliphatic carbocycles. The molecule has 3 N–H and O–H groups in total. The number of nitrogens with one attached hydrogen (secondary N) is 1. The third-order valence-corrected chi connectivity index (χ3v) is 3.05. The fraction of sp³-hybridized carbons (Fsp3) is 0.462. The normalized spacial score (nSPS) is 10.6. The topological polar surface area (TPSA) is 92.0 Å². The van der Waals surface area contributed by atoms with Crippen LogP contribution in [0.3, 0.4) is 0 Å². The highest BCUT2D eigenvalue weighted by molar-refractivity contribution is 5.69. The molecule has 0 aliphatic heterocycles. The number of nitrogens with two attached hydrogens (primary N) is 1. The summed E-state index contributed by atoms with van der Waals surface area (Å²) < 4.78 is 1.57. The Morgan fingerprint density at radius 1 is 1.42 bits per heavy atom. The molecule has 6 nitrogen and oxygen atoms in total. The first-order valence-corrected chi connectivity index (χ1v) is 6.45. The van der Waals surface area contributed by atoms with Crippen LogP contribution in [0.4, 0.5) is 11.6 Å². The largest absolute Gasteiger partial charge is 0.382 e. The van der Waals surface area contributed by atoms with E-state index in [4.69, 9.17) is 5.73 Å². The van der Waals surface area contributed by atoms with Crippen molar-refractivity contribution < 1.29 is 0 Å². The average Bonchev–Trinajstić information content (AvgIpc) is 2.69. The zero-order valence-corrected chi connectivity index (χ0v) is 11.5. The Morgan fingerprint density at radius 2 is 2.16 bits per heavy atom. The molecule has 0 fully saturated rings. The molecule has 2 aromatic rings. The Morgan fingerprint density at radius 3 is 2.74 bits per heavy atom. The second-order valence-electron chi connectivity index (χ2n) is 4.41. The second kappa shape index (κ2) is 5.14. The van der Waals surface area contributed by atoms with Gasteiger partial charge in [-0.05, 0) is 20.3 Å². The molecule has 0 unspecified atom stereocenters. The third kappa shape index (κ3) is 2.08. The number of rotatable bonds is 4. The van der Waals surface area contributed by atoms with Crippen molar-refractivity contribution in [2.45, 2.75) is 33.6 Å². The predicted octanol–water partition coefficient (Wildman–Crippen LogP) is 1.88. The average molecular weight is 258 g/mol. The first kappa shape index (κ1) is 13.1. The number of hydrogen-bond acceptors (Lipinski definition) is 5. The van der Waals surface area contributed by atoms with Crippen molar-refractivity contribution in [1.29, 1.82) is 5.26 Å². The van der Waals surface area contributed by atoms with Crippen LogP contribution in [0.25, 0.3) is 5.65 Å². The highest BCUT2D eigenvalue weighted by Gasteiger charge is 2.17. The first-order chi connectivity index (χ1) is 9.13. The predicted molar refractivity (Wildman–Crippen MR) is 75.0 cm³/mol. The van der Waals surface area contributed by atoms with Crippen LogP contribution in [-0.4, -0.2) is 21.1 Å². The summed E-state index contributed by atoms with van der Waals surface area (Å²) in [6.45, 7) is 6.70. The maximum Gasteiger partial charge on any atom is 0.163 e. The van der Waals surface area contributed by atoms with Crippen molar-refractivity contribution in [3.8, 4) is 6.07 Å². The number of hydrogen-bond donors (Lipinski definition) is 2. The van der Waals surface area contributed by atoms with E-state index in [1.165, 1.54) is 0 Å². The Hall–Kier alpha value is -2.29. The number of anilines is 2. The highest BCUT2D eigenvalue weighted by Crippen LogP contribution is 2.25. The summed E-state index contributed by atoms with van der Waals surface area (Å²) in [5, 5.41) is 16.7. The lowest BCUT2D eigenvalue weighted by Gasteiger charge is -2.09. The molecule has 0 spiro atoms. The molecule has 0 aliphatic rings. The second-order valence-corrected chi connectivity index (χ2v) is 4.41. The highest BCUT2D eigenvalue weighted by atomic mass is 15.3. The summed E-state index contributed by atoms with van der Waals surface area (Å²) in [7, 11) is 0. The van der Waals surface area contributed by atoms with Gasteiger partial charge in [0.2, 0.25) is 0 Å². The van der Waals surface area contributed by atoms with E-state index >= 15 is 0 Å². The van der Waals surface area contributed by atoms with Gasteiger partial charge in [-0.1, -0.05) is 13.3 Å². The number of aromatic nitrogens is 3. The Labute approximate surface area is 112 Å². The van der Waals surface area contributed by atoms with E-state index in [-0.39, 0.29) is 0 Å². The lowest BCUT2D eigenvalue weighted by atomic mass is 10.1. The number of nitrogens with zero attached hydrogens (tertiary/aromatic N) is 4. The van der Waals surface area contributed by atoms with Crippen LogP contribution in [0, 0.1) is 18.3 Å². The molecular weight excluding hydrogens is 240 g/mol. The van der Waals surface area contributed by atoms with E-state index < -0.39 is 0 Å². The van der Waals surface area contributed by atoms with Gasteiger partial charge in [-0.25, -0.2) is 4.98 Å². The van der Waals surface area contributed by atoms with Crippen molar-refractivity contribution in [2.75, 3.05) is 17.6 Å². The van der Waals surface area contributed by atoms with Crippen LogP contribution in [0.5, 0.6) is 0 Å². The zero-order chi connectivity index (χ0) is 14.0. The summed E-state index contributed by atoms with van der Waals surface area (Å²) in [6.07, 6.45) is 1.92. The van der Waals surface area contributed by atoms with E-state index in [2.05, 4.69) is 28.4 Å². The molecule has 2 heterocycles. The van der Waals surface area contributed by atoms with Crippen molar-refractivity contribution >= 4 is 17.3 Å². The zero-order valence-electron chi connectivity index (χ0n) is 11.5. The van der Waals surface area contributed by atoms with E-state index in [0.717, 1.165) is 29.7 Å². The lowest BCUT2D eigenvalue weighted by Crippen LogP contribution is -2.10. The van der Waals surface area contributed by atoms with E-state index in [9.17, 15) is 5.26 Å². The smallest absolute Gasteiger partial charge is 0.163 e. The van der Waals surface area contributed by atoms with Gasteiger partial charge in [0.15, 0.2) is 5.65 Å². The Balaban J connectivity index is 2.77. The minimum Gasteiger partial charge on any atom is -0.382 e. The van der Waals surface area contributed by atoms with Gasteiger partial charge in [-0.3, -0.25) is 0 Å². The van der Waals surface area contributed by atoms with Crippen LogP contribution in [0.15, 0.2) is 0 Å².